The first-order valence-electron chi connectivity index (χ1n) is 8.13. The van der Waals surface area contributed by atoms with E-state index >= 15 is 0 Å². The molecule has 0 spiro atoms. The van der Waals surface area contributed by atoms with E-state index in [9.17, 15) is 9.59 Å². The van der Waals surface area contributed by atoms with Crippen molar-refractivity contribution in [2.24, 2.45) is 5.92 Å². The summed E-state index contributed by atoms with van der Waals surface area (Å²) >= 11 is 0. The standard InChI is InChI=1S/C18H22N2O3/c1-3-23-18(22)14-5-4-8-20(11-14)17(21)16-10-13-7-6-12(2)9-15(13)19-16/h6-7,9-10,14,19H,3-5,8,11H2,1-2H3/t14-/m1/s1. The number of carbonyl (C=O) groups excluding carboxylic acids is 2. The minimum absolute atomic E-state index is 0.0483. The summed E-state index contributed by atoms with van der Waals surface area (Å²) in [4.78, 5) is 29.6. The van der Waals surface area contributed by atoms with Crippen molar-refractivity contribution in [3.63, 3.8) is 0 Å². The Morgan fingerprint density at radius 3 is 2.96 bits per heavy atom. The highest BCUT2D eigenvalue weighted by atomic mass is 16.5. The van der Waals surface area contributed by atoms with E-state index in [-0.39, 0.29) is 17.8 Å². The van der Waals surface area contributed by atoms with Gasteiger partial charge in [0.25, 0.3) is 5.91 Å². The molecule has 0 unspecified atom stereocenters. The van der Waals surface area contributed by atoms with Crippen LogP contribution in [0.4, 0.5) is 0 Å². The lowest BCUT2D eigenvalue weighted by atomic mass is 9.98. The number of benzene rings is 1. The lowest BCUT2D eigenvalue weighted by Gasteiger charge is -2.31. The predicted octanol–water partition coefficient (Wildman–Crippen LogP) is 2.89. The van der Waals surface area contributed by atoms with E-state index in [0.29, 0.717) is 25.4 Å². The monoisotopic (exact) mass is 314 g/mol. The smallest absolute Gasteiger partial charge is 0.310 e. The molecule has 1 aliphatic rings. The van der Waals surface area contributed by atoms with Gasteiger partial charge in [-0.2, -0.15) is 0 Å². The average molecular weight is 314 g/mol. The number of nitrogens with zero attached hydrogens (tertiary/aromatic N) is 1. The molecule has 1 atom stereocenters. The number of nitrogens with one attached hydrogen (secondary N) is 1. The van der Waals surface area contributed by atoms with E-state index in [0.717, 1.165) is 29.3 Å². The Bertz CT molecular complexity index is 735. The minimum Gasteiger partial charge on any atom is -0.466 e. The Morgan fingerprint density at radius 1 is 1.35 bits per heavy atom. The number of hydrogen-bond acceptors (Lipinski definition) is 3. The molecule has 1 aliphatic heterocycles. The quantitative estimate of drug-likeness (QED) is 0.886. The van der Waals surface area contributed by atoms with Gasteiger partial charge in [0.15, 0.2) is 0 Å². The van der Waals surface area contributed by atoms with Crippen molar-refractivity contribution in [3.8, 4) is 0 Å². The van der Waals surface area contributed by atoms with Crippen molar-refractivity contribution in [3.05, 3.63) is 35.5 Å². The van der Waals surface area contributed by atoms with Crippen molar-refractivity contribution < 1.29 is 14.3 Å². The van der Waals surface area contributed by atoms with E-state index in [4.69, 9.17) is 4.74 Å². The third kappa shape index (κ3) is 3.23. The summed E-state index contributed by atoms with van der Waals surface area (Å²) in [5.41, 5.74) is 2.70. The van der Waals surface area contributed by atoms with Crippen LogP contribution in [0.25, 0.3) is 10.9 Å². The number of piperidine rings is 1. The van der Waals surface area contributed by atoms with Gasteiger partial charge in [0, 0.05) is 24.0 Å². The zero-order valence-electron chi connectivity index (χ0n) is 13.6. The van der Waals surface area contributed by atoms with Crippen LogP contribution in [0.1, 0.15) is 35.8 Å². The highest BCUT2D eigenvalue weighted by Gasteiger charge is 2.30. The van der Waals surface area contributed by atoms with Crippen molar-refractivity contribution >= 4 is 22.8 Å². The molecule has 0 saturated carbocycles. The molecule has 5 heteroatoms. The van der Waals surface area contributed by atoms with Gasteiger partial charge in [-0.3, -0.25) is 9.59 Å². The summed E-state index contributed by atoms with van der Waals surface area (Å²) in [7, 11) is 0. The Labute approximate surface area is 135 Å². The predicted molar refractivity (Wildman–Crippen MR) is 88.3 cm³/mol. The van der Waals surface area contributed by atoms with E-state index in [1.807, 2.05) is 31.2 Å². The molecule has 0 bridgehead atoms. The molecule has 5 nitrogen and oxygen atoms in total. The normalized spacial score (nSPS) is 18.2. The van der Waals surface area contributed by atoms with Gasteiger partial charge in [-0.25, -0.2) is 0 Å². The van der Waals surface area contributed by atoms with E-state index < -0.39 is 0 Å². The second-order valence-electron chi connectivity index (χ2n) is 6.12. The Kier molecular flexibility index (Phi) is 4.37. The second-order valence-corrected chi connectivity index (χ2v) is 6.12. The number of aromatic nitrogens is 1. The zero-order valence-corrected chi connectivity index (χ0v) is 13.6. The third-order valence-electron chi connectivity index (χ3n) is 4.34. The summed E-state index contributed by atoms with van der Waals surface area (Å²) in [5, 5.41) is 1.03. The number of ether oxygens (including phenoxy) is 1. The minimum atomic E-state index is -0.209. The van der Waals surface area contributed by atoms with Crippen molar-refractivity contribution in [1.29, 1.82) is 0 Å². The largest absolute Gasteiger partial charge is 0.466 e. The van der Waals surface area contributed by atoms with Crippen LogP contribution in [0.2, 0.25) is 0 Å². The van der Waals surface area contributed by atoms with Gasteiger partial charge in [0.1, 0.15) is 5.69 Å². The van der Waals surface area contributed by atoms with Crippen LogP contribution in [-0.2, 0) is 9.53 Å². The molecule has 1 aromatic heterocycles. The molecule has 1 aromatic carbocycles. The Morgan fingerprint density at radius 2 is 2.17 bits per heavy atom. The fraction of sp³-hybridized carbons (Fsp3) is 0.444. The molecule has 2 heterocycles. The van der Waals surface area contributed by atoms with Gasteiger partial charge < -0.3 is 14.6 Å². The first-order valence-corrected chi connectivity index (χ1v) is 8.13. The molecule has 1 saturated heterocycles. The molecule has 23 heavy (non-hydrogen) atoms. The van der Waals surface area contributed by atoms with Gasteiger partial charge in [-0.15, -0.1) is 0 Å². The summed E-state index contributed by atoms with van der Waals surface area (Å²) < 4.78 is 5.09. The first kappa shape index (κ1) is 15.6. The number of esters is 1. The van der Waals surface area contributed by atoms with Crippen LogP contribution < -0.4 is 0 Å². The fourth-order valence-corrected chi connectivity index (χ4v) is 3.14. The van der Waals surface area contributed by atoms with Gasteiger partial charge in [-0.1, -0.05) is 12.1 Å². The number of likely N-dealkylation sites (tertiary alicyclic amines) is 1. The summed E-state index contributed by atoms with van der Waals surface area (Å²) in [6.07, 6.45) is 1.61. The Balaban J connectivity index is 1.77. The van der Waals surface area contributed by atoms with Crippen molar-refractivity contribution in [2.75, 3.05) is 19.7 Å². The topological polar surface area (TPSA) is 62.4 Å². The van der Waals surface area contributed by atoms with Gasteiger partial charge in [0.05, 0.1) is 12.5 Å². The highest BCUT2D eigenvalue weighted by molar-refractivity contribution is 5.98. The highest BCUT2D eigenvalue weighted by Crippen LogP contribution is 2.22. The van der Waals surface area contributed by atoms with Crippen LogP contribution in [0.5, 0.6) is 0 Å². The molecule has 0 radical (unpaired) electrons. The number of rotatable bonds is 3. The Hall–Kier alpha value is -2.30. The molecule has 1 amide bonds. The van der Waals surface area contributed by atoms with Crippen LogP contribution in [-0.4, -0.2) is 41.5 Å². The molecule has 1 N–H and O–H groups in total. The molecule has 0 aliphatic carbocycles. The van der Waals surface area contributed by atoms with Crippen LogP contribution in [0, 0.1) is 12.8 Å². The van der Waals surface area contributed by atoms with E-state index in [1.165, 1.54) is 0 Å². The average Bonchev–Trinajstić information content (AvgIpc) is 2.97. The van der Waals surface area contributed by atoms with Gasteiger partial charge in [-0.05, 0) is 44.4 Å². The van der Waals surface area contributed by atoms with Gasteiger partial charge >= 0.3 is 5.97 Å². The summed E-state index contributed by atoms with van der Waals surface area (Å²) in [6.45, 7) is 5.33. The van der Waals surface area contributed by atoms with E-state index in [2.05, 4.69) is 4.98 Å². The SMILES string of the molecule is CCOC(=O)[C@@H]1CCCN(C(=O)c2cc3ccc(C)cc3[nH]2)C1. The number of amides is 1. The molecule has 122 valence electrons. The van der Waals surface area contributed by atoms with Crippen LogP contribution in [0.3, 0.4) is 0 Å². The third-order valence-corrected chi connectivity index (χ3v) is 4.34. The van der Waals surface area contributed by atoms with E-state index in [1.54, 1.807) is 11.8 Å². The molecule has 2 aromatic rings. The zero-order chi connectivity index (χ0) is 16.4. The number of hydrogen-bond donors (Lipinski definition) is 1. The maximum atomic E-state index is 12.7. The lowest BCUT2D eigenvalue weighted by molar-refractivity contribution is -0.149. The maximum absolute atomic E-state index is 12.7. The first-order chi connectivity index (χ1) is 11.1. The van der Waals surface area contributed by atoms with Crippen molar-refractivity contribution in [1.82, 2.24) is 9.88 Å². The summed E-state index contributed by atoms with van der Waals surface area (Å²) in [6, 6.07) is 7.95. The lowest BCUT2D eigenvalue weighted by Crippen LogP contribution is -2.42. The van der Waals surface area contributed by atoms with Gasteiger partial charge in [0.2, 0.25) is 0 Å². The molecular weight excluding hydrogens is 292 g/mol. The molecule has 3 rings (SSSR count). The van der Waals surface area contributed by atoms with Crippen LogP contribution in [0.15, 0.2) is 24.3 Å². The maximum Gasteiger partial charge on any atom is 0.310 e. The second kappa shape index (κ2) is 6.44. The molecular formula is C18H22N2O3. The number of H-pyrrole nitrogens is 1. The summed E-state index contributed by atoms with van der Waals surface area (Å²) in [5.74, 6) is -0.454. The number of aromatic amines is 1. The number of fused-ring (bicyclic) bond motifs is 1. The fourth-order valence-electron chi connectivity index (χ4n) is 3.14. The number of carbonyl (C=O) groups is 2. The molecule has 1 fully saturated rings. The van der Waals surface area contributed by atoms with Crippen molar-refractivity contribution in [2.45, 2.75) is 26.7 Å². The number of aryl methyl sites for hydroxylation is 1. The van der Waals surface area contributed by atoms with Crippen LogP contribution >= 0.6 is 0 Å².